The van der Waals surface area contributed by atoms with Gasteiger partial charge in [0.1, 0.15) is 0 Å². The number of aryl methyl sites for hydroxylation is 2. The first-order valence-electron chi connectivity index (χ1n) is 14.4. The maximum Gasteiger partial charge on any atom is 2.00 e. The van der Waals surface area contributed by atoms with Gasteiger partial charge in [0.2, 0.25) is 11.4 Å². The van der Waals surface area contributed by atoms with Crippen molar-refractivity contribution < 1.29 is 21.2 Å². The molecule has 5 rings (SSSR count). The average Bonchev–Trinajstić information content (AvgIpc) is 3.38. The number of hydrogen-bond acceptors (Lipinski definition) is 0. The minimum absolute atomic E-state index is 0. The van der Waals surface area contributed by atoms with Gasteiger partial charge < -0.3 is 5.53 Å². The standard InChI is InChI=1S/C24H28N2.2C7H7.Ni/c1-3-5-6-7-10-20-12-9-14-22(18-20)24-16-15-23(26(24)25)21-13-8-11-19(4-2)17-21;2*1-7-5-3-2-4-6-7;/h8-9,11-18H,3-7,10H2,1-2H3;2*2-6H,1H2;/q;2*-1;+2. The predicted octanol–water partition coefficient (Wildman–Crippen LogP) is 10.5. The Balaban J connectivity index is 0.000000319. The molecule has 1 heterocycles. The van der Waals surface area contributed by atoms with Gasteiger partial charge in [-0.3, -0.25) is 0 Å². The summed E-state index contributed by atoms with van der Waals surface area (Å²) in [7, 11) is 0. The third-order valence-electron chi connectivity index (χ3n) is 6.71. The first-order valence-corrected chi connectivity index (χ1v) is 14.4. The molecule has 0 saturated carbocycles. The Hall–Kier alpha value is -3.81. The molecule has 4 aromatic rings. The Kier molecular flexibility index (Phi) is 15.1. The minimum Gasteiger partial charge on any atom is -0.493 e. The molecule has 0 saturated heterocycles. The molecule has 0 bridgehead atoms. The molecule has 2 nitrogen and oxygen atoms in total. The summed E-state index contributed by atoms with van der Waals surface area (Å²) in [4.78, 5) is 0. The fourth-order valence-corrected chi connectivity index (χ4v) is 4.41. The van der Waals surface area contributed by atoms with Crippen LogP contribution in [0.15, 0.2) is 121 Å². The molecule has 0 N–H and O–H groups in total. The second-order valence-electron chi connectivity index (χ2n) is 9.95. The Morgan fingerprint density at radius 1 is 0.585 bits per heavy atom. The summed E-state index contributed by atoms with van der Waals surface area (Å²) < 4.78 is 1.32. The molecule has 0 amide bonds. The zero-order valence-corrected chi connectivity index (χ0v) is 25.4. The fraction of sp³-hybridized carbons (Fsp3) is 0.211. The van der Waals surface area contributed by atoms with Gasteiger partial charge in [-0.1, -0.05) is 69.5 Å². The van der Waals surface area contributed by atoms with Gasteiger partial charge in [-0.25, -0.2) is 4.70 Å². The minimum atomic E-state index is 0. The van der Waals surface area contributed by atoms with Crippen molar-refractivity contribution in [3.63, 3.8) is 0 Å². The Labute approximate surface area is 258 Å². The molecule has 214 valence electrons. The van der Waals surface area contributed by atoms with Crippen LogP contribution in [-0.4, -0.2) is 4.70 Å². The largest absolute Gasteiger partial charge is 2.00 e. The molecule has 41 heavy (non-hydrogen) atoms. The van der Waals surface area contributed by atoms with E-state index in [-0.39, 0.29) is 16.5 Å². The van der Waals surface area contributed by atoms with E-state index in [4.69, 9.17) is 0 Å². The molecule has 0 aliphatic carbocycles. The van der Waals surface area contributed by atoms with Gasteiger partial charge in [-0.2, -0.15) is 49.2 Å². The third kappa shape index (κ3) is 11.3. The first kappa shape index (κ1) is 33.4. The zero-order chi connectivity index (χ0) is 28.6. The summed E-state index contributed by atoms with van der Waals surface area (Å²) in [5, 5.41) is 0. The number of unbranched alkanes of at least 4 members (excludes halogenated alkanes) is 3. The summed E-state index contributed by atoms with van der Waals surface area (Å²) in [5.74, 6) is 0. The maximum absolute atomic E-state index is 10.8. The van der Waals surface area contributed by atoms with Gasteiger partial charge in [0.25, 0.3) is 0 Å². The fourth-order valence-electron chi connectivity index (χ4n) is 4.41. The molecule has 4 aromatic carbocycles. The Bertz CT molecular complexity index is 1350. The smallest absolute Gasteiger partial charge is 0.493 e. The first-order chi connectivity index (χ1) is 19.5. The second kappa shape index (κ2) is 18.5. The van der Waals surface area contributed by atoms with Gasteiger partial charge >= 0.3 is 16.5 Å². The summed E-state index contributed by atoms with van der Waals surface area (Å²) in [5.41, 5.74) is 19.3. The van der Waals surface area contributed by atoms with Gasteiger partial charge in [-0.15, -0.1) is 24.3 Å². The Morgan fingerprint density at radius 2 is 1.07 bits per heavy atom. The van der Waals surface area contributed by atoms with E-state index < -0.39 is 0 Å². The molecule has 0 fully saturated rings. The normalized spacial score (nSPS) is 11.6. The number of hydrogen-bond donors (Lipinski definition) is 0. The van der Waals surface area contributed by atoms with Crippen molar-refractivity contribution in [3.8, 4) is 0 Å². The van der Waals surface area contributed by atoms with E-state index in [1.807, 2.05) is 72.8 Å². The van der Waals surface area contributed by atoms with Gasteiger partial charge in [-0.05, 0) is 54.7 Å². The van der Waals surface area contributed by atoms with Crippen molar-refractivity contribution in [2.45, 2.75) is 52.4 Å². The van der Waals surface area contributed by atoms with E-state index in [0.717, 1.165) is 46.5 Å². The Morgan fingerprint density at radius 3 is 1.51 bits per heavy atom. The van der Waals surface area contributed by atoms with Gasteiger partial charge in [0.05, 0.1) is 0 Å². The van der Waals surface area contributed by atoms with Crippen LogP contribution in [0.4, 0.5) is 0 Å². The van der Waals surface area contributed by atoms with Crippen LogP contribution in [0.5, 0.6) is 0 Å². The molecule has 3 heteroatoms. The monoisotopic (exact) mass is 584 g/mol. The van der Waals surface area contributed by atoms with E-state index >= 15 is 0 Å². The number of allylic oxidation sites excluding steroid dienone is 2. The molecular formula is C38H42N2Ni. The number of benzene rings is 4. The van der Waals surface area contributed by atoms with Crippen molar-refractivity contribution in [2.24, 2.45) is 0 Å². The molecule has 1 aliphatic rings. The predicted molar refractivity (Wildman–Crippen MR) is 171 cm³/mol. The molecule has 0 unspecified atom stereocenters. The van der Waals surface area contributed by atoms with Crippen molar-refractivity contribution in [1.29, 1.82) is 0 Å². The summed E-state index contributed by atoms with van der Waals surface area (Å²) >= 11 is 0. The maximum atomic E-state index is 10.8. The van der Waals surface area contributed by atoms with E-state index in [1.165, 1.54) is 41.5 Å². The second-order valence-corrected chi connectivity index (χ2v) is 9.95. The van der Waals surface area contributed by atoms with E-state index in [9.17, 15) is 5.53 Å². The van der Waals surface area contributed by atoms with E-state index in [0.29, 0.717) is 0 Å². The van der Waals surface area contributed by atoms with Crippen LogP contribution in [0.25, 0.3) is 16.9 Å². The average molecular weight is 585 g/mol. The van der Waals surface area contributed by atoms with Crippen molar-refractivity contribution in [2.75, 3.05) is 0 Å². The topological polar surface area (TPSA) is 25.3 Å². The molecule has 0 radical (unpaired) electrons. The van der Waals surface area contributed by atoms with Crippen molar-refractivity contribution in [1.82, 2.24) is 0 Å². The third-order valence-corrected chi connectivity index (χ3v) is 6.71. The van der Waals surface area contributed by atoms with Crippen LogP contribution in [0.2, 0.25) is 0 Å². The van der Waals surface area contributed by atoms with Crippen LogP contribution < -0.4 is 0 Å². The summed E-state index contributed by atoms with van der Waals surface area (Å²) in [6.07, 6.45) is 11.2. The van der Waals surface area contributed by atoms with Crippen molar-refractivity contribution >= 4 is 11.4 Å². The van der Waals surface area contributed by atoms with Crippen LogP contribution in [0, 0.1) is 13.8 Å². The summed E-state index contributed by atoms with van der Waals surface area (Å²) in [6.45, 7) is 11.8. The van der Waals surface area contributed by atoms with E-state index in [1.54, 1.807) is 0 Å². The van der Waals surface area contributed by atoms with Crippen molar-refractivity contribution in [3.05, 3.63) is 174 Å². The van der Waals surface area contributed by atoms with Crippen LogP contribution >= 0.6 is 0 Å². The number of rotatable bonds is 8. The SMILES string of the molecule is CCCCCCc1cccc(C2=CC=C(c3cccc(CC)c3)[N+]2=[N-])c1.[CH2-]c1ccccc1.[CH2-]c1ccccc1.[Ni+2]. The van der Waals surface area contributed by atoms with Crippen LogP contribution in [0.3, 0.4) is 0 Å². The number of nitrogens with zero attached hydrogens (tertiary/aromatic N) is 2. The molecular weight excluding hydrogens is 543 g/mol. The quantitative estimate of drug-likeness (QED) is 0.0851. The van der Waals surface area contributed by atoms with E-state index in [2.05, 4.69) is 76.2 Å². The molecule has 0 atom stereocenters. The van der Waals surface area contributed by atoms with Crippen LogP contribution in [0.1, 0.15) is 72.9 Å². The van der Waals surface area contributed by atoms with Gasteiger partial charge in [0, 0.05) is 23.3 Å². The zero-order valence-electron chi connectivity index (χ0n) is 24.4. The molecule has 1 aliphatic heterocycles. The molecule has 0 aromatic heterocycles. The van der Waals surface area contributed by atoms with Crippen LogP contribution in [-0.2, 0) is 29.3 Å². The molecule has 0 spiro atoms. The van der Waals surface area contributed by atoms with Gasteiger partial charge in [0.15, 0.2) is 0 Å². The summed E-state index contributed by atoms with van der Waals surface area (Å²) in [6, 6.07) is 36.7.